The zero-order chi connectivity index (χ0) is 12.0. The van der Waals surface area contributed by atoms with Crippen molar-refractivity contribution in [3.8, 4) is 5.75 Å². The van der Waals surface area contributed by atoms with Crippen LogP contribution in [0.1, 0.15) is 5.56 Å². The van der Waals surface area contributed by atoms with Gasteiger partial charge in [-0.25, -0.2) is 0 Å². The lowest BCUT2D eigenvalue weighted by Gasteiger charge is -2.11. The summed E-state index contributed by atoms with van der Waals surface area (Å²) < 4.78 is 5.34. The highest BCUT2D eigenvalue weighted by molar-refractivity contribution is 5.77. The summed E-state index contributed by atoms with van der Waals surface area (Å²) in [7, 11) is 3.41. The molecular weight excluding hydrogens is 204 g/mol. The van der Waals surface area contributed by atoms with Crippen LogP contribution in [-0.2, 0) is 11.2 Å². The Bertz CT molecular complexity index is 333. The number of carbonyl (C=O) groups excluding carboxylic acids is 1. The second-order valence-electron chi connectivity index (χ2n) is 3.76. The fourth-order valence-corrected chi connectivity index (χ4v) is 1.19. The molecule has 0 unspecified atom stereocenters. The molecule has 1 amide bonds. The summed E-state index contributed by atoms with van der Waals surface area (Å²) in [6.45, 7) is 0.711. The molecule has 0 aliphatic carbocycles. The van der Waals surface area contributed by atoms with Crippen LogP contribution in [0, 0.1) is 0 Å². The van der Waals surface area contributed by atoms with Gasteiger partial charge in [0.25, 0.3) is 5.91 Å². The second-order valence-corrected chi connectivity index (χ2v) is 3.76. The minimum atomic E-state index is -0.0500. The molecule has 88 valence electrons. The van der Waals surface area contributed by atoms with Crippen molar-refractivity contribution in [1.82, 2.24) is 4.90 Å². The van der Waals surface area contributed by atoms with Crippen LogP contribution < -0.4 is 10.5 Å². The first-order valence-corrected chi connectivity index (χ1v) is 5.25. The Morgan fingerprint density at radius 3 is 2.44 bits per heavy atom. The largest absolute Gasteiger partial charge is 0.484 e. The summed E-state index contributed by atoms with van der Waals surface area (Å²) >= 11 is 0. The number of nitrogens with zero attached hydrogens (tertiary/aromatic N) is 1. The molecule has 0 radical (unpaired) electrons. The van der Waals surface area contributed by atoms with Gasteiger partial charge in [0.1, 0.15) is 5.75 Å². The molecule has 0 bridgehead atoms. The van der Waals surface area contributed by atoms with Gasteiger partial charge in [0, 0.05) is 14.1 Å². The van der Waals surface area contributed by atoms with Crippen molar-refractivity contribution in [3.05, 3.63) is 29.8 Å². The number of amides is 1. The molecule has 0 heterocycles. The van der Waals surface area contributed by atoms with Crippen molar-refractivity contribution in [3.63, 3.8) is 0 Å². The van der Waals surface area contributed by atoms with Crippen molar-refractivity contribution in [2.45, 2.75) is 6.42 Å². The maximum absolute atomic E-state index is 11.3. The van der Waals surface area contributed by atoms with Gasteiger partial charge in [-0.3, -0.25) is 4.79 Å². The zero-order valence-electron chi connectivity index (χ0n) is 9.77. The van der Waals surface area contributed by atoms with Gasteiger partial charge < -0.3 is 15.4 Å². The first-order valence-electron chi connectivity index (χ1n) is 5.25. The summed E-state index contributed by atoms with van der Waals surface area (Å²) in [5.41, 5.74) is 6.62. The molecule has 0 saturated heterocycles. The lowest BCUT2D eigenvalue weighted by atomic mass is 10.1. The Balaban J connectivity index is 2.46. The Morgan fingerprint density at radius 2 is 1.94 bits per heavy atom. The van der Waals surface area contributed by atoms with Crippen LogP contribution in [0.4, 0.5) is 0 Å². The highest BCUT2D eigenvalue weighted by Gasteiger charge is 2.04. The van der Waals surface area contributed by atoms with Gasteiger partial charge in [-0.05, 0) is 30.7 Å². The summed E-state index contributed by atoms with van der Waals surface area (Å²) in [5, 5.41) is 0. The predicted molar refractivity (Wildman–Crippen MR) is 63.4 cm³/mol. The number of likely N-dealkylation sites (N-methyl/N-ethyl adjacent to an activating group) is 1. The molecule has 1 aromatic rings. The van der Waals surface area contributed by atoms with Crippen molar-refractivity contribution in [2.75, 3.05) is 27.2 Å². The van der Waals surface area contributed by atoms with E-state index >= 15 is 0 Å². The minimum Gasteiger partial charge on any atom is -0.484 e. The molecule has 0 aliphatic heterocycles. The fourth-order valence-electron chi connectivity index (χ4n) is 1.19. The zero-order valence-corrected chi connectivity index (χ0v) is 9.77. The first kappa shape index (κ1) is 12.5. The molecule has 2 N–H and O–H groups in total. The van der Waals surface area contributed by atoms with E-state index in [-0.39, 0.29) is 12.5 Å². The maximum atomic E-state index is 11.3. The van der Waals surface area contributed by atoms with E-state index in [2.05, 4.69) is 0 Å². The summed E-state index contributed by atoms with van der Waals surface area (Å²) in [6.07, 6.45) is 0.858. The van der Waals surface area contributed by atoms with Crippen LogP contribution in [0.25, 0.3) is 0 Å². The third-order valence-corrected chi connectivity index (χ3v) is 2.22. The van der Waals surface area contributed by atoms with E-state index in [0.717, 1.165) is 6.42 Å². The normalized spacial score (nSPS) is 9.94. The van der Waals surface area contributed by atoms with Crippen molar-refractivity contribution in [1.29, 1.82) is 0 Å². The molecule has 16 heavy (non-hydrogen) atoms. The third-order valence-electron chi connectivity index (χ3n) is 2.22. The molecule has 0 spiro atoms. The van der Waals surface area contributed by atoms with Gasteiger partial charge in [0.05, 0.1) is 0 Å². The quantitative estimate of drug-likeness (QED) is 0.796. The predicted octanol–water partition coefficient (Wildman–Crippen LogP) is 0.655. The van der Waals surface area contributed by atoms with Gasteiger partial charge in [0.15, 0.2) is 6.61 Å². The second kappa shape index (κ2) is 6.12. The number of rotatable bonds is 5. The van der Waals surface area contributed by atoms with E-state index in [9.17, 15) is 4.79 Å². The summed E-state index contributed by atoms with van der Waals surface area (Å²) in [5.74, 6) is 0.655. The van der Waals surface area contributed by atoms with Crippen LogP contribution in [0.2, 0.25) is 0 Å². The van der Waals surface area contributed by atoms with Crippen molar-refractivity contribution in [2.24, 2.45) is 5.73 Å². The Morgan fingerprint density at radius 1 is 1.31 bits per heavy atom. The van der Waals surface area contributed by atoms with Gasteiger partial charge in [-0.1, -0.05) is 12.1 Å². The van der Waals surface area contributed by atoms with Crippen LogP contribution in [0.5, 0.6) is 5.75 Å². The van der Waals surface area contributed by atoms with Gasteiger partial charge >= 0.3 is 0 Å². The van der Waals surface area contributed by atoms with Crippen LogP contribution in [-0.4, -0.2) is 38.1 Å². The average Bonchev–Trinajstić information content (AvgIpc) is 2.28. The number of hydrogen-bond donors (Lipinski definition) is 1. The third kappa shape index (κ3) is 3.90. The number of hydrogen-bond acceptors (Lipinski definition) is 3. The standard InChI is InChI=1S/C12H18N2O2/c1-14(2)12(15)9-16-11-5-3-10(4-6-11)7-8-13/h3-6H,7-9,13H2,1-2H3. The number of ether oxygens (including phenoxy) is 1. The molecule has 0 atom stereocenters. The Hall–Kier alpha value is -1.55. The highest BCUT2D eigenvalue weighted by atomic mass is 16.5. The molecule has 1 aromatic carbocycles. The SMILES string of the molecule is CN(C)C(=O)COc1ccc(CCN)cc1. The molecule has 4 nitrogen and oxygen atoms in total. The number of carbonyl (C=O) groups is 1. The average molecular weight is 222 g/mol. The van der Waals surface area contributed by atoms with E-state index in [1.165, 1.54) is 10.5 Å². The van der Waals surface area contributed by atoms with E-state index < -0.39 is 0 Å². The van der Waals surface area contributed by atoms with E-state index in [1.807, 2.05) is 24.3 Å². The van der Waals surface area contributed by atoms with E-state index in [4.69, 9.17) is 10.5 Å². The molecule has 4 heteroatoms. The number of benzene rings is 1. The summed E-state index contributed by atoms with van der Waals surface area (Å²) in [6, 6.07) is 7.63. The minimum absolute atomic E-state index is 0.0500. The smallest absolute Gasteiger partial charge is 0.259 e. The molecule has 0 aliphatic rings. The Labute approximate surface area is 96.0 Å². The van der Waals surface area contributed by atoms with E-state index in [1.54, 1.807) is 14.1 Å². The Kier molecular flexibility index (Phi) is 4.79. The lowest BCUT2D eigenvalue weighted by Crippen LogP contribution is -2.27. The van der Waals surface area contributed by atoms with Crippen LogP contribution in [0.15, 0.2) is 24.3 Å². The highest BCUT2D eigenvalue weighted by Crippen LogP contribution is 2.12. The molecule has 0 fully saturated rings. The molecule has 1 rings (SSSR count). The van der Waals surface area contributed by atoms with Gasteiger partial charge in [-0.2, -0.15) is 0 Å². The van der Waals surface area contributed by atoms with Gasteiger partial charge in [0.2, 0.25) is 0 Å². The van der Waals surface area contributed by atoms with Crippen LogP contribution >= 0.6 is 0 Å². The van der Waals surface area contributed by atoms with Crippen molar-refractivity contribution < 1.29 is 9.53 Å². The summed E-state index contributed by atoms with van der Waals surface area (Å²) in [4.78, 5) is 12.8. The fraction of sp³-hybridized carbons (Fsp3) is 0.417. The molecular formula is C12H18N2O2. The topological polar surface area (TPSA) is 55.6 Å². The number of nitrogens with two attached hydrogens (primary N) is 1. The van der Waals surface area contributed by atoms with Gasteiger partial charge in [-0.15, -0.1) is 0 Å². The first-order chi connectivity index (χ1) is 7.63. The maximum Gasteiger partial charge on any atom is 0.259 e. The van der Waals surface area contributed by atoms with Crippen molar-refractivity contribution >= 4 is 5.91 Å². The van der Waals surface area contributed by atoms with E-state index in [0.29, 0.717) is 12.3 Å². The molecule has 0 aromatic heterocycles. The van der Waals surface area contributed by atoms with Crippen LogP contribution in [0.3, 0.4) is 0 Å². The monoisotopic (exact) mass is 222 g/mol. The lowest BCUT2D eigenvalue weighted by molar-refractivity contribution is -0.130. The molecule has 0 saturated carbocycles.